The topological polar surface area (TPSA) is 54.4 Å². The number of rotatable bonds is 1. The van der Waals surface area contributed by atoms with Gasteiger partial charge in [0.25, 0.3) is 0 Å². The van der Waals surface area contributed by atoms with Crippen LogP contribution in [0.5, 0.6) is 0 Å². The van der Waals surface area contributed by atoms with Gasteiger partial charge in [-0.3, -0.25) is 9.59 Å². The van der Waals surface area contributed by atoms with Crippen molar-refractivity contribution in [2.45, 2.75) is 19.3 Å². The van der Waals surface area contributed by atoms with Gasteiger partial charge in [-0.2, -0.15) is 0 Å². The largest absolute Gasteiger partial charge is 0.481 e. The van der Waals surface area contributed by atoms with Crippen LogP contribution in [0.15, 0.2) is 13.2 Å². The third-order valence-corrected chi connectivity index (χ3v) is 1.60. The molecular weight excluding hydrogens is 144 g/mol. The lowest BCUT2D eigenvalue weighted by atomic mass is 10.1. The van der Waals surface area contributed by atoms with Crippen LogP contribution in [0.1, 0.15) is 19.3 Å². The molecule has 0 bridgehead atoms. The molecule has 3 heteroatoms. The van der Waals surface area contributed by atoms with Gasteiger partial charge < -0.3 is 5.11 Å². The quantitative estimate of drug-likeness (QED) is 0.459. The lowest BCUT2D eigenvalue weighted by Crippen LogP contribution is -2.17. The monoisotopic (exact) mass is 156 g/mol. The molecule has 3 nitrogen and oxygen atoms in total. The van der Waals surface area contributed by atoms with Crippen LogP contribution in [0.2, 0.25) is 0 Å². The van der Waals surface area contributed by atoms with E-state index in [9.17, 15) is 9.59 Å². The molecular formula is C8H12O3. The van der Waals surface area contributed by atoms with Crippen LogP contribution in [-0.2, 0) is 9.59 Å². The summed E-state index contributed by atoms with van der Waals surface area (Å²) in [6.45, 7) is 6.00. The van der Waals surface area contributed by atoms with E-state index >= 15 is 0 Å². The van der Waals surface area contributed by atoms with Crippen molar-refractivity contribution < 1.29 is 14.7 Å². The Morgan fingerprint density at radius 3 is 2.27 bits per heavy atom. The van der Waals surface area contributed by atoms with E-state index in [1.807, 2.05) is 0 Å². The normalized spacial score (nSPS) is 22.2. The van der Waals surface area contributed by atoms with Crippen LogP contribution < -0.4 is 0 Å². The summed E-state index contributed by atoms with van der Waals surface area (Å²) in [5.74, 6) is -1.76. The van der Waals surface area contributed by atoms with Gasteiger partial charge in [-0.25, -0.2) is 0 Å². The fraction of sp³-hybridized carbons (Fsp3) is 0.500. The van der Waals surface area contributed by atoms with Gasteiger partial charge in [0.2, 0.25) is 0 Å². The molecule has 62 valence electrons. The van der Waals surface area contributed by atoms with Crippen molar-refractivity contribution >= 4 is 11.8 Å². The molecule has 1 unspecified atom stereocenters. The summed E-state index contributed by atoms with van der Waals surface area (Å²) < 4.78 is 0. The third kappa shape index (κ3) is 2.53. The molecule has 0 aliphatic heterocycles. The Labute approximate surface area is 65.7 Å². The minimum Gasteiger partial charge on any atom is -0.481 e. The van der Waals surface area contributed by atoms with Crippen LogP contribution in [0.25, 0.3) is 0 Å². The number of aliphatic carboxylic acids is 1. The van der Waals surface area contributed by atoms with Crippen molar-refractivity contribution in [3.05, 3.63) is 13.2 Å². The number of ketones is 1. The maximum Gasteiger partial charge on any atom is 0.314 e. The average molecular weight is 156 g/mol. The molecule has 1 atom stereocenters. The maximum absolute atomic E-state index is 10.6. The minimum atomic E-state index is -0.961. The fourth-order valence-electron chi connectivity index (χ4n) is 1.08. The predicted molar refractivity (Wildman–Crippen MR) is 41.2 cm³/mol. The molecule has 1 saturated carbocycles. The van der Waals surface area contributed by atoms with E-state index in [2.05, 4.69) is 13.2 Å². The SMILES string of the molecule is C=C.O=C(O)C1CCCC1=O. The van der Waals surface area contributed by atoms with Crippen molar-refractivity contribution in [3.8, 4) is 0 Å². The Morgan fingerprint density at radius 2 is 2.09 bits per heavy atom. The van der Waals surface area contributed by atoms with E-state index in [1.165, 1.54) is 0 Å². The smallest absolute Gasteiger partial charge is 0.314 e. The second-order valence-corrected chi connectivity index (χ2v) is 2.25. The standard InChI is InChI=1S/C6H8O3.C2H4/c7-5-3-1-2-4(5)6(8)9;1-2/h4H,1-3H2,(H,8,9);1-2H2. The highest BCUT2D eigenvalue weighted by atomic mass is 16.4. The molecule has 0 spiro atoms. The van der Waals surface area contributed by atoms with Gasteiger partial charge in [-0.15, -0.1) is 13.2 Å². The number of carbonyl (C=O) groups excluding carboxylic acids is 1. The maximum atomic E-state index is 10.6. The van der Waals surface area contributed by atoms with Crippen molar-refractivity contribution in [3.63, 3.8) is 0 Å². The van der Waals surface area contributed by atoms with Crippen LogP contribution in [-0.4, -0.2) is 16.9 Å². The van der Waals surface area contributed by atoms with Crippen molar-refractivity contribution in [1.29, 1.82) is 0 Å². The Kier molecular flexibility index (Phi) is 4.18. The van der Waals surface area contributed by atoms with Crippen LogP contribution in [0.4, 0.5) is 0 Å². The molecule has 0 amide bonds. The minimum absolute atomic E-state index is 0.109. The highest BCUT2D eigenvalue weighted by Gasteiger charge is 2.30. The van der Waals surface area contributed by atoms with Gasteiger partial charge >= 0.3 is 5.97 Å². The Hall–Kier alpha value is -1.12. The summed E-state index contributed by atoms with van der Waals surface area (Å²) in [6, 6.07) is 0. The summed E-state index contributed by atoms with van der Waals surface area (Å²) >= 11 is 0. The van der Waals surface area contributed by atoms with E-state index in [-0.39, 0.29) is 5.78 Å². The van der Waals surface area contributed by atoms with Crippen molar-refractivity contribution in [1.82, 2.24) is 0 Å². The van der Waals surface area contributed by atoms with Crippen molar-refractivity contribution in [2.24, 2.45) is 5.92 Å². The van der Waals surface area contributed by atoms with Gasteiger partial charge in [0.15, 0.2) is 0 Å². The van der Waals surface area contributed by atoms with E-state index in [4.69, 9.17) is 5.11 Å². The molecule has 0 aromatic heterocycles. The summed E-state index contributed by atoms with van der Waals surface area (Å²) in [4.78, 5) is 20.8. The van der Waals surface area contributed by atoms with E-state index < -0.39 is 11.9 Å². The molecule has 0 heterocycles. The van der Waals surface area contributed by atoms with E-state index in [0.717, 1.165) is 6.42 Å². The molecule has 1 N–H and O–H groups in total. The summed E-state index contributed by atoms with van der Waals surface area (Å²) in [6.07, 6.45) is 1.74. The van der Waals surface area contributed by atoms with Crippen molar-refractivity contribution in [2.75, 3.05) is 0 Å². The van der Waals surface area contributed by atoms with Gasteiger partial charge in [-0.1, -0.05) is 0 Å². The zero-order valence-corrected chi connectivity index (χ0v) is 6.38. The zero-order valence-electron chi connectivity index (χ0n) is 6.38. The molecule has 0 radical (unpaired) electrons. The lowest BCUT2D eigenvalue weighted by molar-refractivity contribution is -0.144. The molecule has 11 heavy (non-hydrogen) atoms. The van der Waals surface area contributed by atoms with Gasteiger partial charge in [0, 0.05) is 6.42 Å². The number of hydrogen-bond donors (Lipinski definition) is 1. The van der Waals surface area contributed by atoms with Gasteiger partial charge in [0.05, 0.1) is 0 Å². The number of carboxylic acid groups (broad SMARTS) is 1. The number of hydrogen-bond acceptors (Lipinski definition) is 2. The second-order valence-electron chi connectivity index (χ2n) is 2.25. The molecule has 0 aromatic carbocycles. The average Bonchev–Trinajstić information content (AvgIpc) is 2.39. The zero-order chi connectivity index (χ0) is 8.85. The van der Waals surface area contributed by atoms with Crippen LogP contribution >= 0.6 is 0 Å². The van der Waals surface area contributed by atoms with E-state index in [1.54, 1.807) is 0 Å². The first-order valence-electron chi connectivity index (χ1n) is 3.47. The highest BCUT2D eigenvalue weighted by molar-refractivity contribution is 5.99. The van der Waals surface area contributed by atoms with E-state index in [0.29, 0.717) is 12.8 Å². The first kappa shape index (κ1) is 9.88. The van der Waals surface area contributed by atoms with Gasteiger partial charge in [0.1, 0.15) is 11.7 Å². The lowest BCUT2D eigenvalue weighted by Gasteiger charge is -1.96. The molecule has 1 aliphatic rings. The number of carboxylic acids is 1. The predicted octanol–water partition coefficient (Wildman–Crippen LogP) is 1.24. The third-order valence-electron chi connectivity index (χ3n) is 1.60. The summed E-state index contributed by atoms with van der Waals surface area (Å²) in [5.41, 5.74) is 0. The Morgan fingerprint density at radius 1 is 1.55 bits per heavy atom. The van der Waals surface area contributed by atoms with Gasteiger partial charge in [-0.05, 0) is 12.8 Å². The summed E-state index contributed by atoms with van der Waals surface area (Å²) in [5, 5.41) is 8.36. The highest BCUT2D eigenvalue weighted by Crippen LogP contribution is 2.20. The van der Waals surface area contributed by atoms with Crippen LogP contribution in [0, 0.1) is 5.92 Å². The fourth-order valence-corrected chi connectivity index (χ4v) is 1.08. The molecule has 0 saturated heterocycles. The molecule has 1 fully saturated rings. The molecule has 0 aromatic rings. The first-order valence-corrected chi connectivity index (χ1v) is 3.47. The Balaban J connectivity index is 0.000000461. The number of carbonyl (C=O) groups is 2. The summed E-state index contributed by atoms with van der Waals surface area (Å²) in [7, 11) is 0. The Bertz CT molecular complexity index is 163. The molecule has 1 aliphatic carbocycles. The second kappa shape index (κ2) is 4.66. The van der Waals surface area contributed by atoms with Crippen LogP contribution in [0.3, 0.4) is 0 Å². The molecule has 1 rings (SSSR count). The number of Topliss-reactive ketones (excluding diaryl/α,β-unsaturated/α-hetero) is 1. The first-order chi connectivity index (χ1) is 5.22.